The second-order valence-corrected chi connectivity index (χ2v) is 8.38. The maximum atomic E-state index is 12.1. The number of rotatable bonds is 3. The molecule has 6 nitrogen and oxygen atoms in total. The summed E-state index contributed by atoms with van der Waals surface area (Å²) in [6.07, 6.45) is 2.94. The molecule has 7 heteroatoms. The zero-order valence-corrected chi connectivity index (χ0v) is 14.5. The molecule has 0 aromatic carbocycles. The number of fused-ring (bicyclic) bond motifs is 2. The van der Waals surface area contributed by atoms with Crippen LogP contribution in [0.2, 0.25) is 0 Å². The lowest BCUT2D eigenvalue weighted by molar-refractivity contribution is -0.153. The summed E-state index contributed by atoms with van der Waals surface area (Å²) in [4.78, 5) is 38.3. The summed E-state index contributed by atoms with van der Waals surface area (Å²) >= 11 is 1.04. The molecule has 0 saturated heterocycles. The molecule has 126 valence electrons. The highest BCUT2D eigenvalue weighted by molar-refractivity contribution is 8.14. The first-order valence-electron chi connectivity index (χ1n) is 7.96. The number of carbonyl (C=O) groups is 3. The molecule has 2 fully saturated rings. The van der Waals surface area contributed by atoms with Gasteiger partial charge in [-0.1, -0.05) is 32.5 Å². The number of ether oxygens (including phenoxy) is 1. The van der Waals surface area contributed by atoms with Gasteiger partial charge in [0.25, 0.3) is 5.91 Å². The maximum Gasteiger partial charge on any atom is 0.316 e. The highest BCUT2D eigenvalue weighted by atomic mass is 32.2. The minimum atomic E-state index is -0.480. The van der Waals surface area contributed by atoms with Crippen LogP contribution in [-0.2, 0) is 19.1 Å². The van der Waals surface area contributed by atoms with Gasteiger partial charge in [-0.3, -0.25) is 14.4 Å². The predicted molar refractivity (Wildman–Crippen MR) is 86.8 cm³/mol. The molecule has 2 aliphatic carbocycles. The number of nitrogens with one attached hydrogen (secondary N) is 1. The highest BCUT2D eigenvalue weighted by Crippen LogP contribution is 2.66. The Kier molecular flexibility index (Phi) is 4.02. The molecule has 3 atom stereocenters. The topological polar surface area (TPSA) is 84.8 Å². The van der Waals surface area contributed by atoms with Gasteiger partial charge >= 0.3 is 5.97 Å². The van der Waals surface area contributed by atoms with Crippen LogP contribution in [0.3, 0.4) is 0 Å². The van der Waals surface area contributed by atoms with Crippen LogP contribution < -0.4 is 5.32 Å². The monoisotopic (exact) mass is 338 g/mol. The quantitative estimate of drug-likeness (QED) is 0.627. The van der Waals surface area contributed by atoms with Crippen LogP contribution in [0.25, 0.3) is 0 Å². The number of esters is 1. The molecular formula is C16H22N2O4S. The number of amides is 2. The van der Waals surface area contributed by atoms with Crippen LogP contribution in [0.15, 0.2) is 4.99 Å². The number of amidine groups is 1. The van der Waals surface area contributed by atoms with E-state index in [-0.39, 0.29) is 46.2 Å². The van der Waals surface area contributed by atoms with Crippen molar-refractivity contribution >= 4 is 34.7 Å². The van der Waals surface area contributed by atoms with Gasteiger partial charge in [-0.05, 0) is 30.6 Å². The van der Waals surface area contributed by atoms with E-state index in [9.17, 15) is 14.4 Å². The van der Waals surface area contributed by atoms with Gasteiger partial charge in [0.2, 0.25) is 5.91 Å². The molecular weight excluding hydrogens is 316 g/mol. The minimum absolute atomic E-state index is 0.0323. The van der Waals surface area contributed by atoms with Gasteiger partial charge in [0, 0.05) is 5.41 Å². The molecule has 23 heavy (non-hydrogen) atoms. The van der Waals surface area contributed by atoms with Gasteiger partial charge in [0.05, 0.1) is 5.75 Å². The summed E-state index contributed by atoms with van der Waals surface area (Å²) in [6.45, 7) is 6.76. The fraction of sp³-hybridized carbons (Fsp3) is 0.750. The Hall–Kier alpha value is -1.37. The normalized spacial score (nSPS) is 35.0. The van der Waals surface area contributed by atoms with E-state index in [1.54, 1.807) is 0 Å². The van der Waals surface area contributed by atoms with E-state index in [4.69, 9.17) is 4.74 Å². The maximum absolute atomic E-state index is 12.1. The fourth-order valence-electron chi connectivity index (χ4n) is 4.18. The third kappa shape index (κ3) is 2.79. The van der Waals surface area contributed by atoms with Gasteiger partial charge in [-0.15, -0.1) is 0 Å². The number of hydrogen-bond acceptors (Lipinski definition) is 5. The average Bonchev–Trinajstić information content (AvgIpc) is 2.77. The van der Waals surface area contributed by atoms with Crippen molar-refractivity contribution in [1.29, 1.82) is 0 Å². The number of carbonyl (C=O) groups excluding carboxylic acids is 3. The number of hydrogen-bond donors (Lipinski definition) is 1. The molecule has 0 radical (unpaired) electrons. The minimum Gasteiger partial charge on any atom is -0.461 e. The van der Waals surface area contributed by atoms with Crippen molar-refractivity contribution in [2.75, 3.05) is 5.75 Å². The second-order valence-electron chi connectivity index (χ2n) is 7.41. The van der Waals surface area contributed by atoms with Gasteiger partial charge in [-0.25, -0.2) is 0 Å². The lowest BCUT2D eigenvalue weighted by atomic mass is 9.70. The lowest BCUT2D eigenvalue weighted by Gasteiger charge is -2.38. The Morgan fingerprint density at radius 2 is 2.13 bits per heavy atom. The van der Waals surface area contributed by atoms with Gasteiger partial charge in [0.15, 0.2) is 5.17 Å². The van der Waals surface area contributed by atoms with Crippen molar-refractivity contribution in [1.82, 2.24) is 5.32 Å². The van der Waals surface area contributed by atoms with E-state index in [2.05, 4.69) is 31.1 Å². The number of thioether (sulfide) groups is 1. The van der Waals surface area contributed by atoms with E-state index in [0.29, 0.717) is 5.92 Å². The van der Waals surface area contributed by atoms with E-state index in [0.717, 1.165) is 24.6 Å². The van der Waals surface area contributed by atoms with Crippen molar-refractivity contribution in [2.24, 2.45) is 21.7 Å². The molecule has 2 bridgehead atoms. The van der Waals surface area contributed by atoms with E-state index in [1.165, 1.54) is 6.42 Å². The molecule has 3 aliphatic rings. The van der Waals surface area contributed by atoms with Crippen molar-refractivity contribution in [3.8, 4) is 0 Å². The van der Waals surface area contributed by atoms with E-state index < -0.39 is 5.91 Å². The molecule has 1 N–H and O–H groups in total. The first-order valence-corrected chi connectivity index (χ1v) is 8.94. The largest absolute Gasteiger partial charge is 0.461 e. The summed E-state index contributed by atoms with van der Waals surface area (Å²) in [7, 11) is 0. The Bertz CT molecular complexity index is 601. The van der Waals surface area contributed by atoms with Crippen molar-refractivity contribution in [3.63, 3.8) is 0 Å². The molecule has 1 heterocycles. The Morgan fingerprint density at radius 3 is 2.70 bits per heavy atom. The van der Waals surface area contributed by atoms with Crippen LogP contribution >= 0.6 is 11.8 Å². The van der Waals surface area contributed by atoms with Crippen LogP contribution in [0, 0.1) is 16.7 Å². The highest BCUT2D eigenvalue weighted by Gasteiger charge is 2.62. The van der Waals surface area contributed by atoms with Crippen LogP contribution in [0.5, 0.6) is 0 Å². The summed E-state index contributed by atoms with van der Waals surface area (Å²) in [5.74, 6) is -0.531. The molecule has 0 unspecified atom stereocenters. The molecule has 2 saturated carbocycles. The summed E-state index contributed by atoms with van der Waals surface area (Å²) < 4.78 is 5.72. The molecule has 0 aromatic rings. The van der Waals surface area contributed by atoms with Crippen LogP contribution in [-0.4, -0.2) is 34.8 Å². The van der Waals surface area contributed by atoms with E-state index in [1.807, 2.05) is 0 Å². The van der Waals surface area contributed by atoms with Crippen LogP contribution in [0.1, 0.15) is 46.5 Å². The van der Waals surface area contributed by atoms with Gasteiger partial charge < -0.3 is 10.1 Å². The second kappa shape index (κ2) is 5.61. The van der Waals surface area contributed by atoms with E-state index >= 15 is 0 Å². The first kappa shape index (κ1) is 16.5. The molecule has 0 spiro atoms. The van der Waals surface area contributed by atoms with Crippen LogP contribution in [0.4, 0.5) is 0 Å². The van der Waals surface area contributed by atoms with Crippen molar-refractivity contribution in [3.05, 3.63) is 0 Å². The average molecular weight is 338 g/mol. The van der Waals surface area contributed by atoms with Crippen molar-refractivity contribution in [2.45, 2.75) is 52.6 Å². The molecule has 2 amide bonds. The fourth-order valence-corrected chi connectivity index (χ4v) is 4.85. The molecule has 0 aromatic heterocycles. The lowest BCUT2D eigenvalue weighted by Crippen LogP contribution is -2.39. The smallest absolute Gasteiger partial charge is 0.316 e. The molecule has 1 aliphatic heterocycles. The Labute approximate surface area is 139 Å². The Morgan fingerprint density at radius 1 is 1.39 bits per heavy atom. The summed E-state index contributed by atoms with van der Waals surface area (Å²) in [6, 6.07) is 0. The predicted octanol–water partition coefficient (Wildman–Crippen LogP) is 1.88. The SMILES string of the molecule is CC1(C)[C@H]2CC[C@@]1(C)[C@@H](OC(=O)CSC1=NC(=O)CC(=O)N1)C2. The van der Waals surface area contributed by atoms with Gasteiger partial charge in [0.1, 0.15) is 12.5 Å². The third-order valence-corrected chi connectivity index (χ3v) is 6.95. The number of nitrogens with zero attached hydrogens (tertiary/aromatic N) is 1. The standard InChI is InChI=1S/C16H22N2O4S/c1-15(2)9-4-5-16(15,3)10(6-9)22-13(21)8-23-14-17-11(19)7-12(20)18-14/h9-10H,4-8H2,1-3H3,(H,17,18,19,20)/t9-,10-,16-/m0/s1. The molecule has 3 rings (SSSR count). The summed E-state index contributed by atoms with van der Waals surface area (Å²) in [5, 5.41) is 2.67. The van der Waals surface area contributed by atoms with Crippen molar-refractivity contribution < 1.29 is 19.1 Å². The van der Waals surface area contributed by atoms with Gasteiger partial charge in [-0.2, -0.15) is 4.99 Å². The number of aliphatic imine (C=N–C) groups is 1. The Balaban J connectivity index is 1.55. The third-order valence-electron chi connectivity index (χ3n) is 6.10. The zero-order valence-electron chi connectivity index (χ0n) is 13.7. The zero-order chi connectivity index (χ0) is 16.8. The summed E-state index contributed by atoms with van der Waals surface area (Å²) in [5.41, 5.74) is 0.226. The first-order chi connectivity index (χ1) is 10.7.